The maximum atomic E-state index is 2.29. The highest BCUT2D eigenvalue weighted by atomic mass is 32.2. The number of aromatic nitrogens is 1. The molecule has 0 bridgehead atoms. The first-order valence-corrected chi connectivity index (χ1v) is 10.6. The van der Waals surface area contributed by atoms with Crippen molar-refractivity contribution < 1.29 is 4.57 Å². The summed E-state index contributed by atoms with van der Waals surface area (Å²) < 4.78 is 2.27. The fraction of sp³-hybridized carbons (Fsp3) is 0.750. The van der Waals surface area contributed by atoms with Gasteiger partial charge in [-0.1, -0.05) is 76.5 Å². The number of anilines is 1. The zero-order valence-electron chi connectivity index (χ0n) is 15.6. The summed E-state index contributed by atoms with van der Waals surface area (Å²) in [5.74, 6) is 2.37. The average molecular weight is 338 g/mol. The summed E-state index contributed by atoms with van der Waals surface area (Å²) in [6, 6.07) is 4.36. The Morgan fingerprint density at radius 3 is 1.87 bits per heavy atom. The van der Waals surface area contributed by atoms with Gasteiger partial charge in [-0.2, -0.15) is 4.57 Å². The number of nitrogens with zero attached hydrogens (tertiary/aromatic N) is 2. The minimum Gasteiger partial charge on any atom is -0.377 e. The molecule has 23 heavy (non-hydrogen) atoms. The third kappa shape index (κ3) is 10.6. The van der Waals surface area contributed by atoms with Gasteiger partial charge in [-0.3, -0.25) is 0 Å². The highest BCUT2D eigenvalue weighted by Crippen LogP contribution is 2.12. The fourth-order valence-electron chi connectivity index (χ4n) is 2.70. The van der Waals surface area contributed by atoms with E-state index in [9.17, 15) is 0 Å². The number of hydrogen-bond donors (Lipinski definition) is 0. The van der Waals surface area contributed by atoms with Gasteiger partial charge < -0.3 is 4.90 Å². The van der Waals surface area contributed by atoms with Gasteiger partial charge in [0.25, 0.3) is 0 Å². The molecule has 0 fully saturated rings. The number of pyridine rings is 1. The second-order valence-electron chi connectivity index (χ2n) is 6.68. The van der Waals surface area contributed by atoms with Crippen LogP contribution in [-0.2, 0) is 5.88 Å². The Morgan fingerprint density at radius 2 is 1.35 bits per heavy atom. The Hall–Kier alpha value is -0.700. The zero-order valence-corrected chi connectivity index (χ0v) is 16.4. The van der Waals surface area contributed by atoms with E-state index in [1.54, 1.807) is 0 Å². The largest absolute Gasteiger partial charge is 0.377 e. The summed E-state index contributed by atoms with van der Waals surface area (Å²) in [5.41, 5.74) is 1.26. The normalized spacial score (nSPS) is 10.9. The van der Waals surface area contributed by atoms with Crippen molar-refractivity contribution in [3.05, 3.63) is 24.5 Å². The van der Waals surface area contributed by atoms with Crippen molar-refractivity contribution in [2.45, 2.75) is 77.0 Å². The molecule has 132 valence electrons. The summed E-state index contributed by atoms with van der Waals surface area (Å²) in [6.45, 7) is 2.29. The molecule has 0 amide bonds. The molecule has 1 rings (SSSR count). The zero-order chi connectivity index (χ0) is 16.8. The lowest BCUT2D eigenvalue weighted by Gasteiger charge is -2.10. The standard InChI is InChI=1S/C20H37N2S/c1-4-5-6-7-8-9-10-11-12-13-18-23-19-22-16-14-20(15-17-22)21(2)3/h14-17H,4-13,18-19H2,1-3H3/q+1. The average Bonchev–Trinajstić information content (AvgIpc) is 2.56. The molecule has 1 aromatic rings. The highest BCUT2D eigenvalue weighted by molar-refractivity contribution is 7.98. The van der Waals surface area contributed by atoms with Crippen LogP contribution in [0.3, 0.4) is 0 Å². The minimum absolute atomic E-state index is 1.07. The van der Waals surface area contributed by atoms with Gasteiger partial charge in [0.15, 0.2) is 18.3 Å². The van der Waals surface area contributed by atoms with Crippen LogP contribution in [-0.4, -0.2) is 19.8 Å². The Bertz CT molecular complexity index is 376. The SMILES string of the molecule is CCCCCCCCCCCCSC[n+]1ccc(N(C)C)cc1. The molecule has 0 N–H and O–H groups in total. The van der Waals surface area contributed by atoms with Gasteiger partial charge in [0.1, 0.15) is 0 Å². The van der Waals surface area contributed by atoms with Crippen LogP contribution in [0.5, 0.6) is 0 Å². The van der Waals surface area contributed by atoms with E-state index in [1.165, 1.54) is 75.6 Å². The first-order valence-electron chi connectivity index (χ1n) is 9.48. The molecule has 0 spiro atoms. The summed E-state index contributed by atoms with van der Waals surface area (Å²) >= 11 is 2.05. The second kappa shape index (κ2) is 13.7. The van der Waals surface area contributed by atoms with Gasteiger partial charge in [-0.05, 0) is 12.2 Å². The molecule has 0 aromatic carbocycles. The van der Waals surface area contributed by atoms with Crippen molar-refractivity contribution in [2.24, 2.45) is 0 Å². The molecule has 0 unspecified atom stereocenters. The van der Waals surface area contributed by atoms with Crippen molar-refractivity contribution in [2.75, 3.05) is 24.7 Å². The monoisotopic (exact) mass is 337 g/mol. The molecule has 0 aliphatic rings. The predicted octanol–water partition coefficient (Wildman–Crippen LogP) is 5.65. The maximum Gasteiger partial charge on any atom is 0.194 e. The number of rotatable bonds is 14. The van der Waals surface area contributed by atoms with Crippen LogP contribution in [0.4, 0.5) is 5.69 Å². The molecule has 3 heteroatoms. The molecule has 0 radical (unpaired) electrons. The van der Waals surface area contributed by atoms with E-state index in [2.05, 4.69) is 55.0 Å². The Morgan fingerprint density at radius 1 is 0.826 bits per heavy atom. The van der Waals surface area contributed by atoms with Crippen LogP contribution >= 0.6 is 11.8 Å². The third-order valence-corrected chi connectivity index (χ3v) is 5.33. The summed E-state index contributed by atoms with van der Waals surface area (Å²) in [5, 5.41) is 0. The minimum atomic E-state index is 1.07. The molecule has 0 aliphatic heterocycles. The van der Waals surface area contributed by atoms with E-state index in [-0.39, 0.29) is 0 Å². The fourth-order valence-corrected chi connectivity index (χ4v) is 3.62. The van der Waals surface area contributed by atoms with Gasteiger partial charge in [-0.15, -0.1) is 0 Å². The van der Waals surface area contributed by atoms with E-state index in [4.69, 9.17) is 0 Å². The van der Waals surface area contributed by atoms with Gasteiger partial charge in [0.2, 0.25) is 0 Å². The summed E-state index contributed by atoms with van der Waals surface area (Å²) in [6.07, 6.45) is 18.6. The van der Waals surface area contributed by atoms with Crippen LogP contribution in [0, 0.1) is 0 Å². The number of hydrogen-bond acceptors (Lipinski definition) is 2. The Balaban J connectivity index is 1.89. The molecule has 0 aliphatic carbocycles. The van der Waals surface area contributed by atoms with Crippen molar-refractivity contribution in [3.8, 4) is 0 Å². The lowest BCUT2D eigenvalue weighted by molar-refractivity contribution is -0.675. The van der Waals surface area contributed by atoms with Gasteiger partial charge in [0.05, 0.1) is 0 Å². The maximum absolute atomic E-state index is 2.29. The molecular formula is C20H37N2S+. The quantitative estimate of drug-likeness (QED) is 0.320. The molecular weight excluding hydrogens is 300 g/mol. The number of thioether (sulfide) groups is 1. The van der Waals surface area contributed by atoms with Crippen LogP contribution in [0.15, 0.2) is 24.5 Å². The third-order valence-electron chi connectivity index (χ3n) is 4.27. The van der Waals surface area contributed by atoms with E-state index in [0.29, 0.717) is 0 Å². The van der Waals surface area contributed by atoms with Crippen LogP contribution in [0.25, 0.3) is 0 Å². The molecule has 0 saturated heterocycles. The lowest BCUT2D eigenvalue weighted by atomic mass is 10.1. The summed E-state index contributed by atoms with van der Waals surface area (Å²) in [4.78, 5) is 2.14. The second-order valence-corrected chi connectivity index (χ2v) is 7.76. The smallest absolute Gasteiger partial charge is 0.194 e. The molecule has 1 aromatic heterocycles. The van der Waals surface area contributed by atoms with E-state index in [0.717, 1.165) is 5.88 Å². The van der Waals surface area contributed by atoms with Gasteiger partial charge >= 0.3 is 0 Å². The van der Waals surface area contributed by atoms with Crippen molar-refractivity contribution >= 4 is 17.4 Å². The predicted molar refractivity (Wildman–Crippen MR) is 105 cm³/mol. The Labute approximate surface area is 148 Å². The van der Waals surface area contributed by atoms with E-state index >= 15 is 0 Å². The molecule has 0 saturated carbocycles. The van der Waals surface area contributed by atoms with Gasteiger partial charge in [-0.25, -0.2) is 0 Å². The topological polar surface area (TPSA) is 7.12 Å². The van der Waals surface area contributed by atoms with Crippen LogP contribution in [0.1, 0.15) is 71.1 Å². The van der Waals surface area contributed by atoms with Crippen molar-refractivity contribution in [1.29, 1.82) is 0 Å². The number of unbranched alkanes of at least 4 members (excludes halogenated alkanes) is 9. The van der Waals surface area contributed by atoms with Gasteiger partial charge in [0, 0.05) is 31.9 Å². The lowest BCUT2D eigenvalue weighted by Crippen LogP contribution is -2.31. The molecule has 0 atom stereocenters. The van der Waals surface area contributed by atoms with Crippen molar-refractivity contribution in [3.63, 3.8) is 0 Å². The Kier molecular flexibility index (Phi) is 12.1. The summed E-state index contributed by atoms with van der Waals surface area (Å²) in [7, 11) is 4.17. The molecule has 1 heterocycles. The highest BCUT2D eigenvalue weighted by Gasteiger charge is 2.02. The first-order chi connectivity index (χ1) is 11.2. The molecule has 2 nitrogen and oxygen atoms in total. The van der Waals surface area contributed by atoms with E-state index in [1.807, 2.05) is 11.8 Å². The van der Waals surface area contributed by atoms with Crippen LogP contribution < -0.4 is 9.47 Å². The van der Waals surface area contributed by atoms with E-state index < -0.39 is 0 Å². The first kappa shape index (κ1) is 20.3. The van der Waals surface area contributed by atoms with Crippen molar-refractivity contribution in [1.82, 2.24) is 0 Å². The van der Waals surface area contributed by atoms with Crippen LogP contribution in [0.2, 0.25) is 0 Å².